The average Bonchev–Trinajstić information content (AvgIpc) is 1.98. The largest absolute Gasteiger partial charge is 0.285 e. The molecule has 86 valence electrons. The highest BCUT2D eigenvalue weighted by Gasteiger charge is 2.46. The van der Waals surface area contributed by atoms with Gasteiger partial charge in [-0.3, -0.25) is 4.55 Å². The molecular formula is C10H22O3S. The van der Waals surface area contributed by atoms with Crippen molar-refractivity contribution in [3.63, 3.8) is 0 Å². The van der Waals surface area contributed by atoms with Crippen molar-refractivity contribution in [3.05, 3.63) is 0 Å². The fourth-order valence-electron chi connectivity index (χ4n) is 1.27. The Morgan fingerprint density at radius 2 is 1.57 bits per heavy atom. The first-order chi connectivity index (χ1) is 6.06. The second-order valence-corrected chi connectivity index (χ2v) is 6.94. The van der Waals surface area contributed by atoms with Crippen LogP contribution in [0.15, 0.2) is 0 Å². The van der Waals surface area contributed by atoms with Gasteiger partial charge in [-0.15, -0.1) is 0 Å². The molecule has 14 heavy (non-hydrogen) atoms. The Hall–Kier alpha value is -0.0900. The van der Waals surface area contributed by atoms with E-state index in [2.05, 4.69) is 6.92 Å². The van der Waals surface area contributed by atoms with Gasteiger partial charge in [0, 0.05) is 0 Å². The fourth-order valence-corrected chi connectivity index (χ4v) is 2.07. The summed E-state index contributed by atoms with van der Waals surface area (Å²) in [6.07, 6.45) is 2.81. The normalized spacial score (nSPS) is 14.4. The highest BCUT2D eigenvalue weighted by Crippen LogP contribution is 2.40. The van der Waals surface area contributed by atoms with Crippen molar-refractivity contribution < 1.29 is 13.0 Å². The van der Waals surface area contributed by atoms with Crippen LogP contribution in [0.4, 0.5) is 0 Å². The van der Waals surface area contributed by atoms with E-state index in [0.717, 1.165) is 19.3 Å². The minimum Gasteiger partial charge on any atom is -0.285 e. The summed E-state index contributed by atoms with van der Waals surface area (Å²) in [6.45, 7) is 9.00. The van der Waals surface area contributed by atoms with E-state index >= 15 is 0 Å². The van der Waals surface area contributed by atoms with Crippen molar-refractivity contribution in [2.24, 2.45) is 5.41 Å². The van der Waals surface area contributed by atoms with E-state index in [-0.39, 0.29) is 0 Å². The lowest BCUT2D eigenvalue weighted by Crippen LogP contribution is -2.45. The Bertz CT molecular complexity index is 276. The van der Waals surface area contributed by atoms with E-state index in [1.165, 1.54) is 0 Å². The number of hydrogen-bond acceptors (Lipinski definition) is 2. The summed E-state index contributed by atoms with van der Waals surface area (Å²) in [4.78, 5) is 0. The maximum atomic E-state index is 11.2. The first-order valence-electron chi connectivity index (χ1n) is 5.03. The van der Waals surface area contributed by atoms with Crippen LogP contribution in [0.3, 0.4) is 0 Å². The molecule has 0 rings (SSSR count). The van der Waals surface area contributed by atoms with Crippen LogP contribution in [0.5, 0.6) is 0 Å². The zero-order chi connectivity index (χ0) is 11.6. The first-order valence-corrected chi connectivity index (χ1v) is 6.47. The van der Waals surface area contributed by atoms with Crippen molar-refractivity contribution in [2.45, 2.75) is 58.6 Å². The third-order valence-electron chi connectivity index (χ3n) is 3.43. The molecule has 0 aliphatic rings. The molecule has 0 aromatic carbocycles. The van der Waals surface area contributed by atoms with E-state index in [9.17, 15) is 8.42 Å². The van der Waals surface area contributed by atoms with Crippen molar-refractivity contribution in [1.82, 2.24) is 0 Å². The van der Waals surface area contributed by atoms with Gasteiger partial charge in [-0.05, 0) is 25.7 Å². The van der Waals surface area contributed by atoms with Gasteiger partial charge in [-0.2, -0.15) is 8.42 Å². The summed E-state index contributed by atoms with van der Waals surface area (Å²) in [5.41, 5.74) is -0.406. The van der Waals surface area contributed by atoms with Gasteiger partial charge in [0.2, 0.25) is 0 Å². The lowest BCUT2D eigenvalue weighted by atomic mass is 9.76. The Labute approximate surface area is 87.7 Å². The van der Waals surface area contributed by atoms with Gasteiger partial charge in [0.05, 0.1) is 4.75 Å². The monoisotopic (exact) mass is 222 g/mol. The Kier molecular flexibility index (Phi) is 4.16. The summed E-state index contributed by atoms with van der Waals surface area (Å²) in [7, 11) is -3.99. The third-order valence-corrected chi connectivity index (χ3v) is 5.27. The van der Waals surface area contributed by atoms with Crippen LogP contribution in [0.2, 0.25) is 0 Å². The molecule has 0 atom stereocenters. The van der Waals surface area contributed by atoms with E-state index < -0.39 is 20.3 Å². The van der Waals surface area contributed by atoms with Crippen LogP contribution >= 0.6 is 0 Å². The van der Waals surface area contributed by atoms with Crippen molar-refractivity contribution in [3.8, 4) is 0 Å². The molecule has 0 heterocycles. The molecule has 0 radical (unpaired) electrons. The van der Waals surface area contributed by atoms with E-state index in [1.54, 1.807) is 13.8 Å². The number of hydrogen-bond donors (Lipinski definition) is 1. The zero-order valence-corrected chi connectivity index (χ0v) is 10.6. The van der Waals surface area contributed by atoms with Crippen LogP contribution < -0.4 is 0 Å². The summed E-state index contributed by atoms with van der Waals surface area (Å²) < 4.78 is 30.5. The molecule has 0 aliphatic carbocycles. The molecule has 0 fully saturated rings. The maximum absolute atomic E-state index is 11.2. The van der Waals surface area contributed by atoms with Gasteiger partial charge in [-0.25, -0.2) is 0 Å². The SMILES string of the molecule is CCCCC(C)(C)C(C)(C)S(=O)(=O)O. The lowest BCUT2D eigenvalue weighted by Gasteiger charge is -2.38. The van der Waals surface area contributed by atoms with Crippen LogP contribution in [-0.2, 0) is 10.1 Å². The average molecular weight is 222 g/mol. The molecule has 3 nitrogen and oxygen atoms in total. The van der Waals surface area contributed by atoms with Gasteiger partial charge in [0.25, 0.3) is 10.1 Å². The molecule has 0 bridgehead atoms. The molecule has 0 amide bonds. The molecule has 0 aliphatic heterocycles. The second-order valence-electron chi connectivity index (χ2n) is 4.97. The number of rotatable bonds is 5. The molecule has 0 unspecified atom stereocenters. The van der Waals surface area contributed by atoms with Crippen molar-refractivity contribution in [2.75, 3.05) is 0 Å². The molecule has 4 heteroatoms. The van der Waals surface area contributed by atoms with Crippen LogP contribution in [0.1, 0.15) is 53.9 Å². The van der Waals surface area contributed by atoms with Crippen LogP contribution in [-0.4, -0.2) is 17.7 Å². The molecule has 0 saturated carbocycles. The minimum absolute atomic E-state index is 0.406. The van der Waals surface area contributed by atoms with Gasteiger partial charge < -0.3 is 0 Å². The molecular weight excluding hydrogens is 200 g/mol. The number of unbranched alkanes of at least 4 members (excludes halogenated alkanes) is 1. The van der Waals surface area contributed by atoms with Gasteiger partial charge >= 0.3 is 0 Å². The second kappa shape index (κ2) is 4.19. The molecule has 0 saturated heterocycles. The summed E-state index contributed by atoms with van der Waals surface area (Å²) in [5.74, 6) is 0. The molecule has 0 aromatic rings. The van der Waals surface area contributed by atoms with Crippen molar-refractivity contribution in [1.29, 1.82) is 0 Å². The van der Waals surface area contributed by atoms with E-state index in [1.807, 2.05) is 13.8 Å². The van der Waals surface area contributed by atoms with Gasteiger partial charge in [0.15, 0.2) is 0 Å². The summed E-state index contributed by atoms with van der Waals surface area (Å²) in [6, 6.07) is 0. The summed E-state index contributed by atoms with van der Waals surface area (Å²) in [5, 5.41) is 0. The smallest absolute Gasteiger partial charge is 0.270 e. The highest BCUT2D eigenvalue weighted by atomic mass is 32.2. The standard InChI is InChI=1S/C10H22O3S/c1-6-7-8-9(2,3)10(4,5)14(11,12)13/h6-8H2,1-5H3,(H,11,12,13). The summed E-state index contributed by atoms with van der Waals surface area (Å²) >= 11 is 0. The molecule has 1 N–H and O–H groups in total. The molecule has 0 spiro atoms. The zero-order valence-electron chi connectivity index (χ0n) is 9.79. The third kappa shape index (κ3) is 2.70. The van der Waals surface area contributed by atoms with E-state index in [4.69, 9.17) is 4.55 Å². The Morgan fingerprint density at radius 3 is 1.86 bits per heavy atom. The topological polar surface area (TPSA) is 54.4 Å². The van der Waals surface area contributed by atoms with Crippen LogP contribution in [0.25, 0.3) is 0 Å². The predicted molar refractivity (Wildman–Crippen MR) is 58.9 cm³/mol. The van der Waals surface area contributed by atoms with E-state index in [0.29, 0.717) is 0 Å². The fraction of sp³-hybridized carbons (Fsp3) is 1.00. The van der Waals surface area contributed by atoms with Gasteiger partial charge in [-0.1, -0.05) is 33.6 Å². The van der Waals surface area contributed by atoms with Crippen molar-refractivity contribution >= 4 is 10.1 Å². The maximum Gasteiger partial charge on any atom is 0.270 e. The Morgan fingerprint density at radius 1 is 1.14 bits per heavy atom. The lowest BCUT2D eigenvalue weighted by molar-refractivity contribution is 0.228. The Balaban J connectivity index is 4.88. The van der Waals surface area contributed by atoms with Gasteiger partial charge in [0.1, 0.15) is 0 Å². The van der Waals surface area contributed by atoms with Crippen LogP contribution in [0, 0.1) is 5.41 Å². The molecule has 0 aromatic heterocycles. The quantitative estimate of drug-likeness (QED) is 0.728. The highest BCUT2D eigenvalue weighted by molar-refractivity contribution is 7.87. The predicted octanol–water partition coefficient (Wildman–Crippen LogP) is 2.87. The minimum atomic E-state index is -3.99. The first kappa shape index (κ1) is 13.9.